The van der Waals surface area contributed by atoms with Crippen LogP contribution < -0.4 is 5.43 Å². The molecule has 0 aromatic heterocycles. The zero-order chi connectivity index (χ0) is 11.3. The Labute approximate surface area is 86.4 Å². The van der Waals surface area contributed by atoms with Crippen LogP contribution in [0.2, 0.25) is 0 Å². The highest BCUT2D eigenvalue weighted by Crippen LogP contribution is 2.09. The van der Waals surface area contributed by atoms with Crippen molar-refractivity contribution in [2.24, 2.45) is 5.22 Å². The first-order valence-corrected chi connectivity index (χ1v) is 4.38. The van der Waals surface area contributed by atoms with E-state index in [1.807, 2.05) is 0 Å². The summed E-state index contributed by atoms with van der Waals surface area (Å²) in [4.78, 5) is 11.0. The van der Waals surface area contributed by atoms with Crippen molar-refractivity contribution in [1.82, 2.24) is 0 Å². The van der Waals surface area contributed by atoms with E-state index >= 15 is 0 Å². The molecule has 6 nitrogen and oxygen atoms in total. The molecule has 0 spiro atoms. The Morgan fingerprint density at radius 2 is 2.13 bits per heavy atom. The second-order valence-electron chi connectivity index (χ2n) is 2.76. The molecule has 0 radical (unpaired) electrons. The molecule has 80 valence electrons. The van der Waals surface area contributed by atoms with Crippen molar-refractivity contribution in [3.63, 3.8) is 0 Å². The van der Waals surface area contributed by atoms with Gasteiger partial charge in [0.05, 0.1) is 10.8 Å². The molecular weight excluding hydrogens is 198 g/mol. The van der Waals surface area contributed by atoms with Crippen molar-refractivity contribution < 1.29 is 14.8 Å². The lowest BCUT2D eigenvalue weighted by molar-refractivity contribution is -0.524. The summed E-state index contributed by atoms with van der Waals surface area (Å²) < 4.78 is 0. The van der Waals surface area contributed by atoms with E-state index in [9.17, 15) is 10.0 Å². The summed E-state index contributed by atoms with van der Waals surface area (Å²) in [5.41, 5.74) is 3.26. The van der Waals surface area contributed by atoms with E-state index in [1.165, 1.54) is 24.3 Å². The van der Waals surface area contributed by atoms with Crippen LogP contribution in [0.15, 0.2) is 29.5 Å². The number of benzene rings is 1. The van der Waals surface area contributed by atoms with Crippen LogP contribution in [-0.4, -0.2) is 22.5 Å². The van der Waals surface area contributed by atoms with Gasteiger partial charge in [0.2, 0.25) is 0 Å². The smallest absolute Gasteiger partial charge is 0.335 e. The predicted molar refractivity (Wildman–Crippen MR) is 53.6 cm³/mol. The lowest BCUT2D eigenvalue weighted by atomic mass is 10.2. The number of carbonyl (C=O) groups is 1. The minimum atomic E-state index is -0.988. The van der Waals surface area contributed by atoms with Crippen molar-refractivity contribution in [1.29, 1.82) is 0 Å². The second kappa shape index (κ2) is 4.94. The average Bonchev–Trinajstić information content (AvgIpc) is 2.26. The molecule has 0 saturated carbocycles. The van der Waals surface area contributed by atoms with Gasteiger partial charge in [-0.25, -0.2) is 4.79 Å². The Hall–Kier alpha value is -2.11. The molecule has 6 heteroatoms. The van der Waals surface area contributed by atoms with Crippen molar-refractivity contribution in [2.75, 3.05) is 12.0 Å². The molecule has 0 aliphatic carbocycles. The summed E-state index contributed by atoms with van der Waals surface area (Å²) in [6.45, 7) is 1.92. The number of hydroxylamine groups is 1. The second-order valence-corrected chi connectivity index (χ2v) is 2.76. The van der Waals surface area contributed by atoms with Crippen molar-refractivity contribution >= 4 is 11.7 Å². The number of carboxylic acids is 1. The van der Waals surface area contributed by atoms with Crippen LogP contribution in [0.3, 0.4) is 0 Å². The van der Waals surface area contributed by atoms with E-state index < -0.39 is 5.97 Å². The topological polar surface area (TPSA) is 87.8 Å². The summed E-state index contributed by atoms with van der Waals surface area (Å²) >= 11 is 0. The van der Waals surface area contributed by atoms with Gasteiger partial charge >= 0.3 is 5.97 Å². The highest BCUT2D eigenvalue weighted by Gasteiger charge is 2.02. The monoisotopic (exact) mass is 209 g/mol. The highest BCUT2D eigenvalue weighted by molar-refractivity contribution is 5.87. The number of hydrogen-bond donors (Lipinski definition) is 2. The van der Waals surface area contributed by atoms with E-state index in [0.717, 1.165) is 0 Å². The van der Waals surface area contributed by atoms with Crippen LogP contribution in [0.1, 0.15) is 17.3 Å². The summed E-state index contributed by atoms with van der Waals surface area (Å²) in [7, 11) is 0. The third-order valence-corrected chi connectivity index (χ3v) is 1.69. The number of nitrogens with zero attached hydrogens (tertiary/aromatic N) is 2. The standard InChI is InChI=1S/C9H11N3O3/c1-2-12(15)11-10-8-5-3-7(4-6-8)9(13)14/h3-6,10H,2H2,1H3,(H,13,14)/b12-11-. The molecular formula is C9H11N3O3. The third kappa shape index (κ3) is 3.26. The van der Waals surface area contributed by atoms with Gasteiger partial charge in [0.15, 0.2) is 0 Å². The Morgan fingerprint density at radius 1 is 1.53 bits per heavy atom. The molecule has 1 rings (SSSR count). The Balaban J connectivity index is 2.69. The van der Waals surface area contributed by atoms with Crippen LogP contribution in [-0.2, 0) is 0 Å². The maximum atomic E-state index is 10.8. The molecule has 1 aromatic rings. The molecule has 0 aliphatic rings. The number of anilines is 1. The summed E-state index contributed by atoms with van der Waals surface area (Å²) in [6, 6.07) is 5.94. The lowest BCUT2D eigenvalue weighted by Crippen LogP contribution is -2.02. The van der Waals surface area contributed by atoms with E-state index in [4.69, 9.17) is 5.11 Å². The van der Waals surface area contributed by atoms with Gasteiger partial charge < -0.3 is 10.3 Å². The molecule has 0 heterocycles. The van der Waals surface area contributed by atoms with E-state index in [0.29, 0.717) is 10.5 Å². The van der Waals surface area contributed by atoms with Gasteiger partial charge in [-0.3, -0.25) is 0 Å². The van der Waals surface area contributed by atoms with Crippen LogP contribution in [0.4, 0.5) is 5.69 Å². The molecule has 15 heavy (non-hydrogen) atoms. The molecule has 0 amide bonds. The molecule has 0 unspecified atom stereocenters. The maximum Gasteiger partial charge on any atom is 0.335 e. The molecule has 0 saturated heterocycles. The fraction of sp³-hybridized carbons (Fsp3) is 0.222. The van der Waals surface area contributed by atoms with Crippen LogP contribution in [0, 0.1) is 5.21 Å². The number of rotatable bonds is 4. The van der Waals surface area contributed by atoms with E-state index in [-0.39, 0.29) is 12.1 Å². The van der Waals surface area contributed by atoms with Crippen LogP contribution >= 0.6 is 0 Å². The van der Waals surface area contributed by atoms with Crippen molar-refractivity contribution in [3.8, 4) is 0 Å². The number of nitrogens with one attached hydrogen (secondary N) is 1. The Kier molecular flexibility index (Phi) is 3.61. The Morgan fingerprint density at radius 3 is 2.60 bits per heavy atom. The lowest BCUT2D eigenvalue weighted by Gasteiger charge is -2.01. The van der Waals surface area contributed by atoms with E-state index in [2.05, 4.69) is 10.6 Å². The zero-order valence-corrected chi connectivity index (χ0v) is 8.17. The van der Waals surface area contributed by atoms with Gasteiger partial charge in [-0.05, 0) is 31.2 Å². The van der Waals surface area contributed by atoms with Crippen molar-refractivity contribution in [2.45, 2.75) is 6.92 Å². The average molecular weight is 209 g/mol. The zero-order valence-electron chi connectivity index (χ0n) is 8.17. The minimum Gasteiger partial charge on any atom is -0.696 e. The van der Waals surface area contributed by atoms with Gasteiger partial charge in [0, 0.05) is 0 Å². The minimum absolute atomic E-state index is 0.190. The normalized spacial score (nSPS) is 11.1. The number of hydrogen-bond acceptors (Lipinski definition) is 3. The van der Waals surface area contributed by atoms with Crippen molar-refractivity contribution in [3.05, 3.63) is 35.0 Å². The maximum absolute atomic E-state index is 10.8. The molecule has 0 aliphatic heterocycles. The molecule has 0 atom stereocenters. The molecule has 2 N–H and O–H groups in total. The van der Waals surface area contributed by atoms with Crippen LogP contribution in [0.5, 0.6) is 0 Å². The quantitative estimate of drug-likeness (QED) is 0.448. The fourth-order valence-corrected chi connectivity index (χ4v) is 0.872. The number of carboxylic acid groups (broad SMARTS) is 1. The molecule has 1 aromatic carbocycles. The summed E-state index contributed by atoms with van der Waals surface area (Å²) in [6.07, 6.45) is 0. The largest absolute Gasteiger partial charge is 0.696 e. The van der Waals surface area contributed by atoms with Gasteiger partial charge in [-0.2, -0.15) is 4.86 Å². The first kappa shape index (κ1) is 11.0. The first-order valence-electron chi connectivity index (χ1n) is 4.38. The van der Waals surface area contributed by atoms with Crippen LogP contribution in [0.25, 0.3) is 0 Å². The van der Waals surface area contributed by atoms with Gasteiger partial charge in [-0.15, -0.1) is 5.43 Å². The summed E-state index contributed by atoms with van der Waals surface area (Å²) in [5.74, 6) is -0.988. The first-order chi connectivity index (χ1) is 7.13. The SMILES string of the molecule is CC/[N+]([O-])=N/Nc1ccc(C(=O)O)cc1. The highest BCUT2D eigenvalue weighted by atomic mass is 16.5. The molecule has 0 fully saturated rings. The van der Waals surface area contributed by atoms with Gasteiger partial charge in [0.1, 0.15) is 12.2 Å². The molecule has 0 bridgehead atoms. The predicted octanol–water partition coefficient (Wildman–Crippen LogP) is 1.69. The van der Waals surface area contributed by atoms with Gasteiger partial charge in [0.25, 0.3) is 0 Å². The van der Waals surface area contributed by atoms with E-state index in [1.54, 1.807) is 6.92 Å². The Bertz CT molecular complexity index is 373. The third-order valence-electron chi connectivity index (χ3n) is 1.69. The number of aromatic carboxylic acids is 1. The van der Waals surface area contributed by atoms with Gasteiger partial charge in [-0.1, -0.05) is 0 Å². The summed E-state index contributed by atoms with van der Waals surface area (Å²) in [5, 5.41) is 22.9. The fourth-order valence-electron chi connectivity index (χ4n) is 0.872.